The summed E-state index contributed by atoms with van der Waals surface area (Å²) >= 11 is 1.73. The van der Waals surface area contributed by atoms with Crippen molar-refractivity contribution < 1.29 is 0 Å². The number of hydrogen-bond acceptors (Lipinski definition) is 4. The fraction of sp³-hybridized carbons (Fsp3) is 0. The molecule has 0 amide bonds. The molecule has 0 radical (unpaired) electrons. The van der Waals surface area contributed by atoms with Crippen LogP contribution >= 0.6 is 11.3 Å². The molecule has 0 unspecified atom stereocenters. The van der Waals surface area contributed by atoms with Crippen molar-refractivity contribution in [3.63, 3.8) is 0 Å². The molecular weight excluding hydrogens is 619 g/mol. The number of pyridine rings is 2. The number of hydrogen-bond donors (Lipinski definition) is 0. The first-order chi connectivity index (χ1) is 24.3. The maximum absolute atomic E-state index is 5.08. The van der Waals surface area contributed by atoms with Crippen molar-refractivity contribution in [2.75, 3.05) is 0 Å². The van der Waals surface area contributed by atoms with Crippen molar-refractivity contribution in [1.82, 2.24) is 24.1 Å². The van der Waals surface area contributed by atoms with E-state index in [1.807, 2.05) is 30.6 Å². The molecule has 0 fully saturated rings. The molecule has 5 nitrogen and oxygen atoms in total. The zero-order valence-corrected chi connectivity index (χ0v) is 27.0. The first kappa shape index (κ1) is 27.7. The summed E-state index contributed by atoms with van der Waals surface area (Å²) in [6.45, 7) is 0. The lowest BCUT2D eigenvalue weighted by Gasteiger charge is -2.10. The fourth-order valence-corrected chi connectivity index (χ4v) is 8.11. The summed E-state index contributed by atoms with van der Waals surface area (Å²) in [6.07, 6.45) is 5.67. The van der Waals surface area contributed by atoms with Crippen molar-refractivity contribution in [2.24, 2.45) is 0 Å². The molecule has 6 heteroatoms. The van der Waals surface area contributed by atoms with Gasteiger partial charge < -0.3 is 4.57 Å². The van der Waals surface area contributed by atoms with E-state index in [4.69, 9.17) is 9.97 Å². The van der Waals surface area contributed by atoms with Gasteiger partial charge in [-0.05, 0) is 66.7 Å². The normalized spacial score (nSPS) is 11.7. The minimum Gasteiger partial charge on any atom is -0.309 e. The predicted octanol–water partition coefficient (Wildman–Crippen LogP) is 11.1. The van der Waals surface area contributed by atoms with Gasteiger partial charge in [-0.15, -0.1) is 11.3 Å². The smallest absolute Gasteiger partial charge is 0.138 e. The van der Waals surface area contributed by atoms with E-state index in [2.05, 4.69) is 142 Å². The molecule has 0 atom stereocenters. The summed E-state index contributed by atoms with van der Waals surface area (Å²) in [7, 11) is 0. The van der Waals surface area contributed by atoms with Crippen LogP contribution in [0.1, 0.15) is 0 Å². The van der Waals surface area contributed by atoms with Crippen LogP contribution in [0.15, 0.2) is 164 Å². The second-order valence-corrected chi connectivity index (χ2v) is 13.2. The molecule has 0 N–H and O–H groups in total. The lowest BCUT2D eigenvalue weighted by molar-refractivity contribution is 1.08. The van der Waals surface area contributed by atoms with E-state index in [-0.39, 0.29) is 0 Å². The van der Waals surface area contributed by atoms with Crippen molar-refractivity contribution in [3.8, 4) is 43.8 Å². The van der Waals surface area contributed by atoms with Crippen molar-refractivity contribution in [2.45, 2.75) is 0 Å². The van der Waals surface area contributed by atoms with Gasteiger partial charge in [0.05, 0.1) is 32.6 Å². The summed E-state index contributed by atoms with van der Waals surface area (Å²) < 4.78 is 4.64. The van der Waals surface area contributed by atoms with Gasteiger partial charge in [0.1, 0.15) is 10.8 Å². The summed E-state index contributed by atoms with van der Waals surface area (Å²) in [6, 6.07) is 51.3. The van der Waals surface area contributed by atoms with Gasteiger partial charge in [-0.25, -0.2) is 9.97 Å². The molecular formula is C43H27N5S. The number of nitrogens with zero attached hydrogens (tertiary/aromatic N) is 5. The fourth-order valence-electron chi connectivity index (χ4n) is 7.17. The minimum absolute atomic E-state index is 0.874. The first-order valence-electron chi connectivity index (χ1n) is 16.3. The van der Waals surface area contributed by atoms with Gasteiger partial charge in [-0.2, -0.15) is 0 Å². The van der Waals surface area contributed by atoms with Gasteiger partial charge in [-0.3, -0.25) is 9.55 Å². The molecule has 0 spiro atoms. The Balaban J connectivity index is 1.12. The number of para-hydroxylation sites is 4. The van der Waals surface area contributed by atoms with Crippen LogP contribution in [0.2, 0.25) is 0 Å². The zero-order chi connectivity index (χ0) is 32.3. The molecule has 0 aliphatic rings. The van der Waals surface area contributed by atoms with Crippen LogP contribution in [0.4, 0.5) is 0 Å². The monoisotopic (exact) mass is 645 g/mol. The van der Waals surface area contributed by atoms with Gasteiger partial charge in [-0.1, -0.05) is 78.9 Å². The molecule has 230 valence electrons. The van der Waals surface area contributed by atoms with Crippen LogP contribution in [-0.4, -0.2) is 24.1 Å². The quantitative estimate of drug-likeness (QED) is 0.187. The van der Waals surface area contributed by atoms with Crippen LogP contribution < -0.4 is 0 Å². The molecule has 0 aliphatic carbocycles. The van der Waals surface area contributed by atoms with Crippen LogP contribution in [0, 0.1) is 0 Å². The molecule has 5 aromatic carbocycles. The molecule has 5 heterocycles. The van der Waals surface area contributed by atoms with E-state index < -0.39 is 0 Å². The van der Waals surface area contributed by atoms with E-state index in [0.717, 1.165) is 49.2 Å². The molecule has 0 aliphatic heterocycles. The number of rotatable bonds is 5. The van der Waals surface area contributed by atoms with Gasteiger partial charge in [0, 0.05) is 62.5 Å². The van der Waals surface area contributed by atoms with Crippen LogP contribution in [0.25, 0.3) is 87.4 Å². The second kappa shape index (κ2) is 11.1. The molecule has 10 rings (SSSR count). The third-order valence-electron chi connectivity index (χ3n) is 9.32. The summed E-state index contributed by atoms with van der Waals surface area (Å²) in [5.74, 6) is 0.874. The topological polar surface area (TPSA) is 48.5 Å². The molecule has 49 heavy (non-hydrogen) atoms. The third kappa shape index (κ3) is 4.42. The maximum Gasteiger partial charge on any atom is 0.138 e. The van der Waals surface area contributed by atoms with Gasteiger partial charge in [0.15, 0.2) is 0 Å². The lowest BCUT2D eigenvalue weighted by Crippen LogP contribution is -1.98. The van der Waals surface area contributed by atoms with E-state index >= 15 is 0 Å². The predicted molar refractivity (Wildman–Crippen MR) is 203 cm³/mol. The Morgan fingerprint density at radius 2 is 1.24 bits per heavy atom. The highest BCUT2D eigenvalue weighted by Crippen LogP contribution is 2.42. The lowest BCUT2D eigenvalue weighted by atomic mass is 10.1. The number of thiazole rings is 1. The molecule has 0 saturated heterocycles. The molecule has 5 aromatic heterocycles. The van der Waals surface area contributed by atoms with Crippen molar-refractivity contribution >= 4 is 54.9 Å². The van der Waals surface area contributed by atoms with E-state index in [1.54, 1.807) is 17.5 Å². The van der Waals surface area contributed by atoms with Crippen molar-refractivity contribution in [3.05, 3.63) is 164 Å². The maximum atomic E-state index is 5.08. The van der Waals surface area contributed by atoms with Crippen LogP contribution in [0.5, 0.6) is 0 Å². The van der Waals surface area contributed by atoms with E-state index in [9.17, 15) is 0 Å². The Bertz CT molecular complexity index is 2830. The number of benzene rings is 5. The van der Waals surface area contributed by atoms with Gasteiger partial charge in [0.2, 0.25) is 0 Å². The SMILES string of the molecule is c1ccc(-n2c3ccccc3c3cccc(-c4cnc(-c5ccc6c(c5)c5ccccc5n6-c5cccc(-c6cccnc6)n5)s4)c32)cc1. The third-order valence-corrected chi connectivity index (χ3v) is 10.4. The first-order valence-corrected chi connectivity index (χ1v) is 17.1. The molecule has 10 aromatic rings. The van der Waals surface area contributed by atoms with E-state index in [1.165, 1.54) is 38.1 Å². The Hall–Kier alpha value is -6.37. The second-order valence-electron chi connectivity index (χ2n) is 12.1. The van der Waals surface area contributed by atoms with Crippen LogP contribution in [-0.2, 0) is 0 Å². The zero-order valence-electron chi connectivity index (χ0n) is 26.2. The highest BCUT2D eigenvalue weighted by atomic mass is 32.1. The Morgan fingerprint density at radius 3 is 2.08 bits per heavy atom. The Labute approximate surface area is 286 Å². The molecule has 0 bridgehead atoms. The van der Waals surface area contributed by atoms with Gasteiger partial charge >= 0.3 is 0 Å². The summed E-state index contributed by atoms with van der Waals surface area (Å²) in [5.41, 5.74) is 9.93. The van der Waals surface area contributed by atoms with Crippen molar-refractivity contribution in [1.29, 1.82) is 0 Å². The minimum atomic E-state index is 0.874. The number of aromatic nitrogens is 5. The number of fused-ring (bicyclic) bond motifs is 6. The average molecular weight is 646 g/mol. The summed E-state index contributed by atoms with van der Waals surface area (Å²) in [4.78, 5) is 15.5. The van der Waals surface area contributed by atoms with E-state index in [0.29, 0.717) is 0 Å². The van der Waals surface area contributed by atoms with Crippen LogP contribution in [0.3, 0.4) is 0 Å². The Morgan fingerprint density at radius 1 is 0.510 bits per heavy atom. The Kier molecular flexibility index (Phi) is 6.29. The highest BCUT2D eigenvalue weighted by molar-refractivity contribution is 7.18. The van der Waals surface area contributed by atoms with Gasteiger partial charge in [0.25, 0.3) is 0 Å². The highest BCUT2D eigenvalue weighted by Gasteiger charge is 2.19. The summed E-state index contributed by atoms with van der Waals surface area (Å²) in [5, 5.41) is 5.83. The largest absolute Gasteiger partial charge is 0.309 e. The average Bonchev–Trinajstić information content (AvgIpc) is 3.89. The molecule has 0 saturated carbocycles. The standard InChI is InChI=1S/C43H27N5S/c1-2-12-30(13-3-1)47-37-19-6-4-14-31(37)33-16-8-17-34(42(33)47)40-27-45-43(49-40)28-22-23-39-35(25-28)32-15-5-7-20-38(32)48(39)41-21-9-18-36(46-41)29-11-10-24-44-26-29/h1-27H.